The molecule has 2 N–H and O–H groups in total. The summed E-state index contributed by atoms with van der Waals surface area (Å²) in [4.78, 5) is 11.8. The molecule has 0 aliphatic carbocycles. The minimum Gasteiger partial charge on any atom is -0.308 e. The maximum Gasteiger partial charge on any atom is 0.323 e. The first kappa shape index (κ1) is 14.7. The molecule has 0 aliphatic heterocycles. The maximum absolute atomic E-state index is 11.8. The molecule has 0 unspecified atom stereocenters. The van der Waals surface area contributed by atoms with Gasteiger partial charge in [0.2, 0.25) is 0 Å². The summed E-state index contributed by atoms with van der Waals surface area (Å²) in [6.07, 6.45) is 0. The van der Waals surface area contributed by atoms with Crippen molar-refractivity contribution in [2.24, 2.45) is 0 Å². The van der Waals surface area contributed by atoms with E-state index in [1.807, 2.05) is 48.5 Å². The monoisotopic (exact) mass is 308 g/mol. The van der Waals surface area contributed by atoms with Crippen molar-refractivity contribution in [1.82, 2.24) is 0 Å². The summed E-state index contributed by atoms with van der Waals surface area (Å²) in [5.41, 5.74) is 3.45. The predicted molar refractivity (Wildman–Crippen MR) is 84.6 cm³/mol. The van der Waals surface area contributed by atoms with Gasteiger partial charge in [0.1, 0.15) is 0 Å². The zero-order valence-electron chi connectivity index (χ0n) is 10.7. The Morgan fingerprint density at radius 3 is 1.40 bits per heavy atom. The molecule has 0 saturated carbocycles. The van der Waals surface area contributed by atoms with E-state index in [-0.39, 0.29) is 6.03 Å². The highest BCUT2D eigenvalue weighted by Crippen LogP contribution is 2.14. The number of carbonyl (C=O) groups is 1. The van der Waals surface area contributed by atoms with Crippen LogP contribution in [0, 0.1) is 0 Å². The summed E-state index contributed by atoms with van der Waals surface area (Å²) in [5.74, 6) is 0.915. The van der Waals surface area contributed by atoms with Crippen molar-refractivity contribution in [2.45, 2.75) is 11.8 Å². The third-order valence-electron chi connectivity index (χ3n) is 2.73. The summed E-state index contributed by atoms with van der Waals surface area (Å²) in [6.45, 7) is 0. The number of nitrogens with one attached hydrogen (secondary N) is 2. The molecule has 2 aromatic carbocycles. The number of anilines is 2. The SMILES string of the molecule is O=C(Nc1ccc(CCl)cc1)Nc1ccc(CCl)cc1. The van der Waals surface area contributed by atoms with Gasteiger partial charge in [-0.3, -0.25) is 0 Å². The molecule has 2 aromatic rings. The standard InChI is InChI=1S/C15H14Cl2N2O/c16-9-11-1-5-13(6-2-11)18-15(20)19-14-7-3-12(10-17)4-8-14/h1-8H,9-10H2,(H2,18,19,20). The van der Waals surface area contributed by atoms with E-state index in [0.29, 0.717) is 23.1 Å². The molecule has 104 valence electrons. The van der Waals surface area contributed by atoms with Gasteiger partial charge in [0.05, 0.1) is 0 Å². The van der Waals surface area contributed by atoms with Crippen molar-refractivity contribution in [1.29, 1.82) is 0 Å². The van der Waals surface area contributed by atoms with Crippen LogP contribution in [0.25, 0.3) is 0 Å². The van der Waals surface area contributed by atoms with E-state index < -0.39 is 0 Å². The molecule has 0 atom stereocenters. The molecule has 0 spiro atoms. The van der Waals surface area contributed by atoms with Gasteiger partial charge in [-0.1, -0.05) is 24.3 Å². The summed E-state index contributed by atoms with van der Waals surface area (Å²) in [5, 5.41) is 5.50. The van der Waals surface area contributed by atoms with Gasteiger partial charge in [-0.05, 0) is 35.4 Å². The van der Waals surface area contributed by atoms with Crippen LogP contribution in [0.3, 0.4) is 0 Å². The van der Waals surface area contributed by atoms with Crippen LogP contribution in [0.2, 0.25) is 0 Å². The van der Waals surface area contributed by atoms with Crippen molar-refractivity contribution in [3.63, 3.8) is 0 Å². The Kier molecular flexibility index (Phi) is 5.27. The number of amides is 2. The minimum atomic E-state index is -0.290. The molecule has 0 aromatic heterocycles. The zero-order valence-corrected chi connectivity index (χ0v) is 12.2. The van der Waals surface area contributed by atoms with Gasteiger partial charge < -0.3 is 10.6 Å². The Balaban J connectivity index is 1.93. The second-order valence-corrected chi connectivity index (χ2v) is 4.77. The maximum atomic E-state index is 11.8. The average Bonchev–Trinajstić information content (AvgIpc) is 2.49. The number of alkyl halides is 2. The van der Waals surface area contributed by atoms with Crippen molar-refractivity contribution >= 4 is 40.6 Å². The van der Waals surface area contributed by atoms with Crippen molar-refractivity contribution < 1.29 is 4.79 Å². The van der Waals surface area contributed by atoms with Crippen LogP contribution in [0.1, 0.15) is 11.1 Å². The first-order valence-corrected chi connectivity index (χ1v) is 7.16. The van der Waals surface area contributed by atoms with E-state index in [9.17, 15) is 4.79 Å². The molecule has 2 rings (SSSR count). The van der Waals surface area contributed by atoms with Crippen molar-refractivity contribution in [3.05, 3.63) is 59.7 Å². The van der Waals surface area contributed by atoms with Crippen LogP contribution >= 0.6 is 23.2 Å². The fourth-order valence-corrected chi connectivity index (χ4v) is 2.00. The van der Waals surface area contributed by atoms with Gasteiger partial charge in [-0.15, -0.1) is 23.2 Å². The highest BCUT2D eigenvalue weighted by molar-refractivity contribution is 6.17. The van der Waals surface area contributed by atoms with Crippen LogP contribution in [-0.2, 0) is 11.8 Å². The third-order valence-corrected chi connectivity index (χ3v) is 3.35. The number of hydrogen-bond donors (Lipinski definition) is 2. The topological polar surface area (TPSA) is 41.1 Å². The smallest absolute Gasteiger partial charge is 0.308 e. The van der Waals surface area contributed by atoms with Gasteiger partial charge in [-0.25, -0.2) is 4.79 Å². The van der Waals surface area contributed by atoms with Crippen LogP contribution in [0.15, 0.2) is 48.5 Å². The summed E-state index contributed by atoms with van der Waals surface area (Å²) in [7, 11) is 0. The zero-order chi connectivity index (χ0) is 14.4. The highest BCUT2D eigenvalue weighted by atomic mass is 35.5. The number of urea groups is 1. The van der Waals surface area contributed by atoms with Gasteiger partial charge in [0.25, 0.3) is 0 Å². The Bertz CT molecular complexity index is 516. The van der Waals surface area contributed by atoms with E-state index in [1.54, 1.807) is 0 Å². The lowest BCUT2D eigenvalue weighted by Crippen LogP contribution is -2.19. The number of benzene rings is 2. The largest absolute Gasteiger partial charge is 0.323 e. The summed E-state index contributed by atoms with van der Waals surface area (Å²) < 4.78 is 0. The van der Waals surface area contributed by atoms with Crippen LogP contribution in [0.5, 0.6) is 0 Å². The summed E-state index contributed by atoms with van der Waals surface area (Å²) in [6, 6.07) is 14.5. The Morgan fingerprint density at radius 1 is 0.750 bits per heavy atom. The minimum absolute atomic E-state index is 0.290. The number of hydrogen-bond acceptors (Lipinski definition) is 1. The lowest BCUT2D eigenvalue weighted by atomic mass is 10.2. The van der Waals surface area contributed by atoms with Crippen LogP contribution in [0.4, 0.5) is 16.2 Å². The first-order valence-electron chi connectivity index (χ1n) is 6.09. The van der Waals surface area contributed by atoms with Gasteiger partial charge in [0.15, 0.2) is 0 Å². The number of rotatable bonds is 4. The van der Waals surface area contributed by atoms with E-state index in [0.717, 1.165) is 11.1 Å². The molecule has 3 nitrogen and oxygen atoms in total. The van der Waals surface area contributed by atoms with Crippen LogP contribution in [-0.4, -0.2) is 6.03 Å². The van der Waals surface area contributed by atoms with E-state index in [1.165, 1.54) is 0 Å². The molecule has 5 heteroatoms. The molecule has 0 bridgehead atoms. The third kappa shape index (κ3) is 4.15. The molecule has 0 fully saturated rings. The fraction of sp³-hybridized carbons (Fsp3) is 0.133. The van der Waals surface area contributed by atoms with E-state index >= 15 is 0 Å². The normalized spacial score (nSPS) is 10.1. The number of halogens is 2. The Morgan fingerprint density at radius 2 is 1.10 bits per heavy atom. The molecule has 2 amide bonds. The second-order valence-electron chi connectivity index (χ2n) is 4.24. The molecule has 0 saturated heterocycles. The first-order chi connectivity index (χ1) is 9.71. The molecular formula is C15H14Cl2N2O. The fourth-order valence-electron chi connectivity index (χ4n) is 1.65. The highest BCUT2D eigenvalue weighted by Gasteiger charge is 2.02. The van der Waals surface area contributed by atoms with Crippen LogP contribution < -0.4 is 10.6 Å². The van der Waals surface area contributed by atoms with Crippen molar-refractivity contribution in [2.75, 3.05) is 10.6 Å². The van der Waals surface area contributed by atoms with Gasteiger partial charge in [-0.2, -0.15) is 0 Å². The second kappa shape index (κ2) is 7.17. The average molecular weight is 309 g/mol. The van der Waals surface area contributed by atoms with E-state index in [4.69, 9.17) is 23.2 Å². The van der Waals surface area contributed by atoms with Crippen molar-refractivity contribution in [3.8, 4) is 0 Å². The molecule has 0 aliphatic rings. The molecular weight excluding hydrogens is 295 g/mol. The quantitative estimate of drug-likeness (QED) is 0.782. The summed E-state index contributed by atoms with van der Waals surface area (Å²) >= 11 is 11.4. The predicted octanol–water partition coefficient (Wildman–Crippen LogP) is 4.81. The molecule has 0 radical (unpaired) electrons. The van der Waals surface area contributed by atoms with Gasteiger partial charge in [0, 0.05) is 23.1 Å². The van der Waals surface area contributed by atoms with Gasteiger partial charge >= 0.3 is 6.03 Å². The Hall–Kier alpha value is -1.71. The molecule has 0 heterocycles. The lowest BCUT2D eigenvalue weighted by Gasteiger charge is -2.08. The lowest BCUT2D eigenvalue weighted by molar-refractivity contribution is 0.262. The number of carbonyl (C=O) groups excluding carboxylic acids is 1. The van der Waals surface area contributed by atoms with E-state index in [2.05, 4.69) is 10.6 Å². The molecule has 20 heavy (non-hydrogen) atoms. The Labute approximate surface area is 127 Å².